The first-order valence-electron chi connectivity index (χ1n) is 9.04. The Bertz CT molecular complexity index is 706. The van der Waals surface area contributed by atoms with Crippen LogP contribution in [0.15, 0.2) is 34.7 Å². The quantitative estimate of drug-likeness (QED) is 0.774. The fourth-order valence-corrected chi connectivity index (χ4v) is 3.26. The molecule has 6 nitrogen and oxygen atoms in total. The second kappa shape index (κ2) is 7.35. The summed E-state index contributed by atoms with van der Waals surface area (Å²) in [5.74, 6) is 1.70. The van der Waals surface area contributed by atoms with Gasteiger partial charge in [0, 0.05) is 43.5 Å². The standard InChI is InChI=1S/C19H23N3O3/c23-18(22(16-6-7-16)12-14-10-11-24-13-14)9-8-17-20-21-19(25-17)15-4-2-1-3-5-15/h1-5,14,16H,6-13H2/t14-/m1/s1. The Balaban J connectivity index is 1.33. The van der Waals surface area contributed by atoms with E-state index in [1.54, 1.807) is 0 Å². The summed E-state index contributed by atoms with van der Waals surface area (Å²) in [7, 11) is 0. The van der Waals surface area contributed by atoms with Crippen molar-refractivity contribution in [2.45, 2.75) is 38.1 Å². The van der Waals surface area contributed by atoms with Crippen LogP contribution >= 0.6 is 0 Å². The Morgan fingerprint density at radius 3 is 2.72 bits per heavy atom. The van der Waals surface area contributed by atoms with Crippen LogP contribution in [0.3, 0.4) is 0 Å². The maximum atomic E-state index is 12.7. The molecular weight excluding hydrogens is 318 g/mol. The number of benzene rings is 1. The zero-order valence-corrected chi connectivity index (χ0v) is 14.3. The molecule has 25 heavy (non-hydrogen) atoms. The number of rotatable bonds is 7. The van der Waals surface area contributed by atoms with Gasteiger partial charge < -0.3 is 14.1 Å². The molecule has 6 heteroatoms. The zero-order valence-electron chi connectivity index (χ0n) is 14.3. The van der Waals surface area contributed by atoms with Crippen molar-refractivity contribution in [1.29, 1.82) is 0 Å². The van der Waals surface area contributed by atoms with E-state index in [1.165, 1.54) is 0 Å². The molecule has 1 atom stereocenters. The molecule has 1 aliphatic heterocycles. The third kappa shape index (κ3) is 4.07. The summed E-state index contributed by atoms with van der Waals surface area (Å²) in [6.07, 6.45) is 4.21. The highest BCUT2D eigenvalue weighted by Gasteiger charge is 2.34. The molecule has 1 aromatic heterocycles. The first-order valence-corrected chi connectivity index (χ1v) is 9.04. The van der Waals surface area contributed by atoms with Crippen LogP contribution < -0.4 is 0 Å². The molecule has 1 aromatic carbocycles. The fourth-order valence-electron chi connectivity index (χ4n) is 3.26. The molecule has 0 spiro atoms. The van der Waals surface area contributed by atoms with Crippen LogP contribution in [0.1, 0.15) is 31.6 Å². The average molecular weight is 341 g/mol. The monoisotopic (exact) mass is 341 g/mol. The molecule has 0 N–H and O–H groups in total. The first kappa shape index (κ1) is 16.3. The summed E-state index contributed by atoms with van der Waals surface area (Å²) < 4.78 is 11.1. The number of hydrogen-bond donors (Lipinski definition) is 0. The van der Waals surface area contributed by atoms with Gasteiger partial charge in [0.25, 0.3) is 0 Å². The van der Waals surface area contributed by atoms with Crippen LogP contribution in [-0.4, -0.2) is 46.8 Å². The third-order valence-electron chi connectivity index (χ3n) is 4.83. The molecule has 2 aliphatic rings. The molecule has 1 amide bonds. The SMILES string of the molecule is O=C(CCc1nnc(-c2ccccc2)o1)N(C[C@H]1CCOC1)C1CC1. The van der Waals surface area contributed by atoms with Crippen molar-refractivity contribution in [3.8, 4) is 11.5 Å². The molecule has 2 fully saturated rings. The van der Waals surface area contributed by atoms with Gasteiger partial charge in [-0.1, -0.05) is 18.2 Å². The number of nitrogens with zero attached hydrogens (tertiary/aromatic N) is 3. The highest BCUT2D eigenvalue weighted by atomic mass is 16.5. The van der Waals surface area contributed by atoms with Crippen molar-refractivity contribution in [3.63, 3.8) is 0 Å². The summed E-state index contributed by atoms with van der Waals surface area (Å²) in [5, 5.41) is 8.16. The van der Waals surface area contributed by atoms with E-state index in [2.05, 4.69) is 10.2 Å². The number of carbonyl (C=O) groups is 1. The van der Waals surface area contributed by atoms with Gasteiger partial charge in [-0.3, -0.25) is 4.79 Å². The lowest BCUT2D eigenvalue weighted by atomic mass is 10.1. The Morgan fingerprint density at radius 1 is 1.16 bits per heavy atom. The largest absolute Gasteiger partial charge is 0.421 e. The normalized spacial score (nSPS) is 19.9. The van der Waals surface area contributed by atoms with Crippen LogP contribution in [0.2, 0.25) is 0 Å². The second-order valence-corrected chi connectivity index (χ2v) is 6.87. The molecule has 4 rings (SSSR count). The van der Waals surface area contributed by atoms with Gasteiger partial charge in [0.05, 0.1) is 6.61 Å². The zero-order chi connectivity index (χ0) is 17.1. The molecule has 1 saturated heterocycles. The fraction of sp³-hybridized carbons (Fsp3) is 0.526. The van der Waals surface area contributed by atoms with Crippen molar-refractivity contribution in [2.24, 2.45) is 5.92 Å². The number of ether oxygens (including phenoxy) is 1. The highest BCUT2D eigenvalue weighted by Crippen LogP contribution is 2.30. The van der Waals surface area contributed by atoms with Crippen LogP contribution in [0.25, 0.3) is 11.5 Å². The molecule has 1 saturated carbocycles. The van der Waals surface area contributed by atoms with E-state index in [1.807, 2.05) is 35.2 Å². The predicted octanol–water partition coefficient (Wildman–Crippen LogP) is 2.70. The maximum Gasteiger partial charge on any atom is 0.247 e. The predicted molar refractivity (Wildman–Crippen MR) is 91.7 cm³/mol. The highest BCUT2D eigenvalue weighted by molar-refractivity contribution is 5.77. The number of carbonyl (C=O) groups excluding carboxylic acids is 1. The maximum absolute atomic E-state index is 12.7. The molecular formula is C19H23N3O3. The molecule has 0 unspecified atom stereocenters. The van der Waals surface area contributed by atoms with Crippen molar-refractivity contribution in [3.05, 3.63) is 36.2 Å². The van der Waals surface area contributed by atoms with E-state index in [4.69, 9.17) is 9.15 Å². The lowest BCUT2D eigenvalue weighted by Crippen LogP contribution is -2.37. The van der Waals surface area contributed by atoms with Gasteiger partial charge in [-0.25, -0.2) is 0 Å². The Morgan fingerprint density at radius 2 is 2.00 bits per heavy atom. The van der Waals surface area contributed by atoms with Gasteiger partial charge in [0.2, 0.25) is 17.7 Å². The Hall–Kier alpha value is -2.21. The summed E-state index contributed by atoms with van der Waals surface area (Å²) in [5.41, 5.74) is 0.897. The molecule has 0 bridgehead atoms. The number of aryl methyl sites for hydroxylation is 1. The third-order valence-corrected chi connectivity index (χ3v) is 4.83. The lowest BCUT2D eigenvalue weighted by molar-refractivity contribution is -0.132. The van der Waals surface area contributed by atoms with E-state index >= 15 is 0 Å². The van der Waals surface area contributed by atoms with Crippen molar-refractivity contribution in [2.75, 3.05) is 19.8 Å². The first-order chi connectivity index (χ1) is 12.3. The molecule has 2 heterocycles. The smallest absolute Gasteiger partial charge is 0.247 e. The van der Waals surface area contributed by atoms with E-state index in [9.17, 15) is 4.79 Å². The summed E-state index contributed by atoms with van der Waals surface area (Å²) >= 11 is 0. The van der Waals surface area contributed by atoms with Crippen molar-refractivity contribution >= 4 is 5.91 Å². The second-order valence-electron chi connectivity index (χ2n) is 6.87. The molecule has 1 aliphatic carbocycles. The minimum Gasteiger partial charge on any atom is -0.421 e. The lowest BCUT2D eigenvalue weighted by Gasteiger charge is -2.25. The molecule has 0 radical (unpaired) electrons. The van der Waals surface area contributed by atoms with Crippen LogP contribution in [0, 0.1) is 5.92 Å². The Labute approximate surface area is 147 Å². The summed E-state index contributed by atoms with van der Waals surface area (Å²) in [4.78, 5) is 14.7. The number of aromatic nitrogens is 2. The van der Waals surface area contributed by atoms with Crippen LogP contribution in [0.4, 0.5) is 0 Å². The Kier molecular flexibility index (Phi) is 4.78. The van der Waals surface area contributed by atoms with Gasteiger partial charge in [0.15, 0.2) is 0 Å². The molecule has 2 aromatic rings. The van der Waals surface area contributed by atoms with E-state index in [0.717, 1.165) is 44.6 Å². The van der Waals surface area contributed by atoms with Gasteiger partial charge in [0.1, 0.15) is 0 Å². The van der Waals surface area contributed by atoms with E-state index < -0.39 is 0 Å². The van der Waals surface area contributed by atoms with Crippen molar-refractivity contribution in [1.82, 2.24) is 15.1 Å². The topological polar surface area (TPSA) is 68.5 Å². The number of amides is 1. The van der Waals surface area contributed by atoms with Gasteiger partial charge in [-0.15, -0.1) is 10.2 Å². The summed E-state index contributed by atoms with van der Waals surface area (Å²) in [6, 6.07) is 10.1. The van der Waals surface area contributed by atoms with Gasteiger partial charge >= 0.3 is 0 Å². The van der Waals surface area contributed by atoms with Crippen LogP contribution in [-0.2, 0) is 16.0 Å². The summed E-state index contributed by atoms with van der Waals surface area (Å²) in [6.45, 7) is 2.42. The average Bonchev–Trinajstić information content (AvgIpc) is 3.16. The van der Waals surface area contributed by atoms with Gasteiger partial charge in [-0.2, -0.15) is 0 Å². The minimum absolute atomic E-state index is 0.189. The number of hydrogen-bond acceptors (Lipinski definition) is 5. The van der Waals surface area contributed by atoms with E-state index in [-0.39, 0.29) is 5.91 Å². The molecule has 132 valence electrons. The van der Waals surface area contributed by atoms with Gasteiger partial charge in [-0.05, 0) is 31.4 Å². The van der Waals surface area contributed by atoms with Crippen LogP contribution in [0.5, 0.6) is 0 Å². The van der Waals surface area contributed by atoms with Crippen molar-refractivity contribution < 1.29 is 13.9 Å². The van der Waals surface area contributed by atoms with E-state index in [0.29, 0.717) is 36.6 Å². The minimum atomic E-state index is 0.189.